The van der Waals surface area contributed by atoms with Gasteiger partial charge in [0.1, 0.15) is 0 Å². The van der Waals surface area contributed by atoms with Gasteiger partial charge in [0.05, 0.1) is 6.04 Å². The van der Waals surface area contributed by atoms with Gasteiger partial charge in [-0.2, -0.15) is 0 Å². The van der Waals surface area contributed by atoms with E-state index < -0.39 is 6.09 Å². The molecule has 1 fully saturated rings. The summed E-state index contributed by atoms with van der Waals surface area (Å²) in [6, 6.07) is 15.5. The second kappa shape index (κ2) is 11.1. The molecule has 0 aliphatic carbocycles. The molecule has 0 saturated carbocycles. The van der Waals surface area contributed by atoms with Crippen LogP contribution in [0.5, 0.6) is 0 Å². The lowest BCUT2D eigenvalue weighted by Gasteiger charge is -2.39. The Labute approximate surface area is 190 Å². The molecule has 7 nitrogen and oxygen atoms in total. The number of carbonyl (C=O) groups excluding carboxylic acids is 1. The monoisotopic (exact) mass is 438 g/mol. The van der Waals surface area contributed by atoms with E-state index in [2.05, 4.69) is 22.0 Å². The second-order valence-corrected chi connectivity index (χ2v) is 8.03. The Morgan fingerprint density at radius 2 is 1.62 bits per heavy atom. The molecule has 0 radical (unpaired) electrons. The van der Waals surface area contributed by atoms with Crippen LogP contribution in [0.1, 0.15) is 48.3 Å². The average molecular weight is 439 g/mol. The summed E-state index contributed by atoms with van der Waals surface area (Å²) in [6.07, 6.45) is -1.07. The molecule has 1 aliphatic rings. The molecule has 0 bridgehead atoms. The van der Waals surface area contributed by atoms with Crippen molar-refractivity contribution in [1.29, 1.82) is 0 Å². The van der Waals surface area contributed by atoms with Crippen molar-refractivity contribution < 1.29 is 14.7 Å². The summed E-state index contributed by atoms with van der Waals surface area (Å²) in [6.45, 7) is 12.4. The van der Waals surface area contributed by atoms with Crippen LogP contribution in [0, 0.1) is 0 Å². The van der Waals surface area contributed by atoms with Gasteiger partial charge < -0.3 is 14.9 Å². The van der Waals surface area contributed by atoms with Gasteiger partial charge in [-0.25, -0.2) is 4.79 Å². The number of benzene rings is 2. The Hall–Kier alpha value is -2.90. The number of nitrogens with zero attached hydrogens (tertiary/aromatic N) is 3. The highest BCUT2D eigenvalue weighted by Gasteiger charge is 2.26. The molecule has 2 aromatic carbocycles. The Bertz CT molecular complexity index is 904. The van der Waals surface area contributed by atoms with Gasteiger partial charge in [-0.15, -0.1) is 0 Å². The van der Waals surface area contributed by atoms with Gasteiger partial charge in [0.2, 0.25) is 0 Å². The summed E-state index contributed by atoms with van der Waals surface area (Å²) in [5.74, 6) is 0.0438. The first kappa shape index (κ1) is 23.8. The van der Waals surface area contributed by atoms with E-state index in [4.69, 9.17) is 5.11 Å². The number of rotatable bonds is 8. The zero-order valence-corrected chi connectivity index (χ0v) is 19.3. The van der Waals surface area contributed by atoms with Gasteiger partial charge in [-0.3, -0.25) is 15.0 Å². The summed E-state index contributed by atoms with van der Waals surface area (Å²) in [5.41, 5.74) is 3.37. The summed E-state index contributed by atoms with van der Waals surface area (Å²) >= 11 is 0. The Kier molecular flexibility index (Phi) is 8.25. The molecule has 0 spiro atoms. The maximum absolute atomic E-state index is 12.7. The van der Waals surface area contributed by atoms with E-state index in [0.717, 1.165) is 43.9 Å². The number of carbonyl (C=O) groups is 2. The van der Waals surface area contributed by atoms with E-state index >= 15 is 0 Å². The lowest BCUT2D eigenvalue weighted by Crippen LogP contribution is -2.47. The fourth-order valence-corrected chi connectivity index (χ4v) is 4.36. The number of anilines is 1. The van der Waals surface area contributed by atoms with E-state index in [0.29, 0.717) is 24.3 Å². The molecule has 1 aliphatic heterocycles. The first-order valence-electron chi connectivity index (χ1n) is 11.4. The molecule has 0 aromatic heterocycles. The maximum atomic E-state index is 12.7. The molecule has 1 atom stereocenters. The zero-order valence-electron chi connectivity index (χ0n) is 19.3. The third kappa shape index (κ3) is 5.66. The Balaban J connectivity index is 1.92. The number of hydrogen-bond donors (Lipinski definition) is 2. The lowest BCUT2D eigenvalue weighted by molar-refractivity contribution is 0.0773. The van der Waals surface area contributed by atoms with Crippen LogP contribution in [0.4, 0.5) is 10.5 Å². The minimum Gasteiger partial charge on any atom is -0.465 e. The average Bonchev–Trinajstić information content (AvgIpc) is 2.81. The molecule has 2 N–H and O–H groups in total. The van der Waals surface area contributed by atoms with Gasteiger partial charge in [0, 0.05) is 50.5 Å². The molecular weight excluding hydrogens is 404 g/mol. The van der Waals surface area contributed by atoms with Crippen LogP contribution in [0.3, 0.4) is 0 Å². The minimum atomic E-state index is -1.07. The fourth-order valence-electron chi connectivity index (χ4n) is 4.36. The SMILES string of the molecule is CCN1CCN(C(c2ccc(C(=O)N(CC)CC)cc2)c2cccc(NC(=O)O)c2)CC1. The smallest absolute Gasteiger partial charge is 0.409 e. The third-order valence-corrected chi connectivity index (χ3v) is 6.20. The number of carboxylic acid groups (broad SMARTS) is 1. The number of amides is 2. The summed E-state index contributed by atoms with van der Waals surface area (Å²) < 4.78 is 0. The quantitative estimate of drug-likeness (QED) is 0.652. The highest BCUT2D eigenvalue weighted by molar-refractivity contribution is 5.94. The largest absolute Gasteiger partial charge is 0.465 e. The summed E-state index contributed by atoms with van der Waals surface area (Å²) in [5, 5.41) is 11.6. The number of piperazine rings is 1. The van der Waals surface area contributed by atoms with Gasteiger partial charge >= 0.3 is 6.09 Å². The van der Waals surface area contributed by atoms with Crippen molar-refractivity contribution in [1.82, 2.24) is 14.7 Å². The molecule has 2 aromatic rings. The Morgan fingerprint density at radius 1 is 0.969 bits per heavy atom. The molecule has 7 heteroatoms. The fraction of sp³-hybridized carbons (Fsp3) is 0.440. The van der Waals surface area contributed by atoms with E-state index in [1.165, 1.54) is 0 Å². The van der Waals surface area contributed by atoms with Crippen LogP contribution < -0.4 is 5.32 Å². The van der Waals surface area contributed by atoms with Crippen molar-refractivity contribution in [3.8, 4) is 0 Å². The predicted octanol–water partition coefficient (Wildman–Crippen LogP) is 3.99. The van der Waals surface area contributed by atoms with Crippen LogP contribution in [0.2, 0.25) is 0 Å². The van der Waals surface area contributed by atoms with Crippen LogP contribution in [0.25, 0.3) is 0 Å². The topological polar surface area (TPSA) is 76.1 Å². The van der Waals surface area contributed by atoms with Gasteiger partial charge in [0.15, 0.2) is 0 Å². The van der Waals surface area contributed by atoms with E-state index in [9.17, 15) is 9.59 Å². The van der Waals surface area contributed by atoms with Crippen LogP contribution in [-0.2, 0) is 0 Å². The second-order valence-electron chi connectivity index (χ2n) is 8.03. The van der Waals surface area contributed by atoms with E-state index in [-0.39, 0.29) is 11.9 Å². The highest BCUT2D eigenvalue weighted by atomic mass is 16.4. The van der Waals surface area contributed by atoms with Gasteiger partial charge in [-0.1, -0.05) is 31.2 Å². The standard InChI is InChI=1S/C25H34N4O3/c1-4-27-14-16-29(17-15-27)23(21-8-7-9-22(18-21)26-25(31)32)19-10-12-20(13-11-19)24(30)28(5-2)6-3/h7-13,18,23,26H,4-6,14-17H2,1-3H3,(H,31,32). The molecule has 3 rings (SSSR count). The van der Waals surface area contributed by atoms with Crippen molar-refractivity contribution in [3.05, 3.63) is 65.2 Å². The third-order valence-electron chi connectivity index (χ3n) is 6.20. The normalized spacial score (nSPS) is 15.8. The van der Waals surface area contributed by atoms with E-state index in [1.54, 1.807) is 6.07 Å². The summed E-state index contributed by atoms with van der Waals surface area (Å²) in [4.78, 5) is 30.5. The number of likely N-dealkylation sites (N-methyl/N-ethyl adjacent to an activating group) is 1. The van der Waals surface area contributed by atoms with Crippen molar-refractivity contribution in [2.24, 2.45) is 0 Å². The Morgan fingerprint density at radius 3 is 2.19 bits per heavy atom. The number of nitrogens with one attached hydrogen (secondary N) is 1. The lowest BCUT2D eigenvalue weighted by atomic mass is 9.95. The molecule has 1 saturated heterocycles. The predicted molar refractivity (Wildman–Crippen MR) is 127 cm³/mol. The van der Waals surface area contributed by atoms with Gasteiger partial charge in [0.25, 0.3) is 5.91 Å². The maximum Gasteiger partial charge on any atom is 0.409 e. The van der Waals surface area contributed by atoms with Crippen LogP contribution in [0.15, 0.2) is 48.5 Å². The first-order valence-corrected chi connectivity index (χ1v) is 11.4. The van der Waals surface area contributed by atoms with Gasteiger partial charge in [-0.05, 0) is 55.8 Å². The first-order chi connectivity index (χ1) is 15.5. The van der Waals surface area contributed by atoms with E-state index in [1.807, 2.05) is 61.2 Å². The summed E-state index contributed by atoms with van der Waals surface area (Å²) in [7, 11) is 0. The minimum absolute atomic E-state index is 0.0119. The molecule has 172 valence electrons. The zero-order chi connectivity index (χ0) is 23.1. The molecule has 1 unspecified atom stereocenters. The molecule has 2 amide bonds. The molecular formula is C25H34N4O3. The number of hydrogen-bond acceptors (Lipinski definition) is 4. The van der Waals surface area contributed by atoms with Crippen molar-refractivity contribution >= 4 is 17.7 Å². The molecule has 32 heavy (non-hydrogen) atoms. The molecule has 1 heterocycles. The van der Waals surface area contributed by atoms with Crippen LogP contribution >= 0.6 is 0 Å². The van der Waals surface area contributed by atoms with Crippen LogP contribution in [-0.4, -0.2) is 77.6 Å². The van der Waals surface area contributed by atoms with Crippen molar-refractivity contribution in [3.63, 3.8) is 0 Å². The van der Waals surface area contributed by atoms with Crippen molar-refractivity contribution in [2.75, 3.05) is 51.1 Å². The highest BCUT2D eigenvalue weighted by Crippen LogP contribution is 2.31. The van der Waals surface area contributed by atoms with Crippen molar-refractivity contribution in [2.45, 2.75) is 26.8 Å².